The van der Waals surface area contributed by atoms with Crippen molar-refractivity contribution in [3.8, 4) is 11.8 Å². The lowest BCUT2D eigenvalue weighted by molar-refractivity contribution is -0.123. The smallest absolute Gasteiger partial charge is 0.293 e. The largest absolute Gasteiger partial charge is 0.489 e. The van der Waals surface area contributed by atoms with E-state index in [-0.39, 0.29) is 18.4 Å². The highest BCUT2D eigenvalue weighted by Crippen LogP contribution is 2.34. The van der Waals surface area contributed by atoms with Crippen LogP contribution in [-0.4, -0.2) is 16.0 Å². The first-order chi connectivity index (χ1) is 15.9. The van der Waals surface area contributed by atoms with Gasteiger partial charge in [-0.1, -0.05) is 59.6 Å². The fraction of sp³-hybridized carbons (Fsp3) is 0.0800. The van der Waals surface area contributed by atoms with Crippen LogP contribution in [0.4, 0.5) is 4.79 Å². The first kappa shape index (κ1) is 22.9. The second-order valence-electron chi connectivity index (χ2n) is 7.13. The fourth-order valence-corrected chi connectivity index (χ4v) is 4.52. The molecular formula is C25H16Cl2N2O3S. The summed E-state index contributed by atoms with van der Waals surface area (Å²) in [6.07, 6.45) is 1.66. The van der Waals surface area contributed by atoms with E-state index in [1.54, 1.807) is 66.7 Å². The number of rotatable bonds is 6. The molecule has 1 aliphatic rings. The van der Waals surface area contributed by atoms with Gasteiger partial charge >= 0.3 is 0 Å². The molecule has 0 N–H and O–H groups in total. The minimum absolute atomic E-state index is 0.0523. The van der Waals surface area contributed by atoms with Crippen molar-refractivity contribution in [2.75, 3.05) is 0 Å². The molecule has 1 aliphatic heterocycles. The number of hydrogen-bond acceptors (Lipinski definition) is 5. The van der Waals surface area contributed by atoms with Gasteiger partial charge in [-0.2, -0.15) is 5.26 Å². The third kappa shape index (κ3) is 5.40. The Labute approximate surface area is 205 Å². The second kappa shape index (κ2) is 10.1. The van der Waals surface area contributed by atoms with E-state index in [0.717, 1.165) is 27.8 Å². The molecule has 0 atom stereocenters. The summed E-state index contributed by atoms with van der Waals surface area (Å²) in [6.45, 7) is 0.311. The van der Waals surface area contributed by atoms with Gasteiger partial charge in [-0.15, -0.1) is 0 Å². The molecule has 164 valence electrons. The van der Waals surface area contributed by atoms with E-state index in [1.807, 2.05) is 6.07 Å². The predicted octanol–water partition coefficient (Wildman–Crippen LogP) is 6.68. The van der Waals surface area contributed by atoms with E-state index in [9.17, 15) is 14.9 Å². The quantitative estimate of drug-likeness (QED) is 0.357. The number of carbonyl (C=O) groups is 2. The molecule has 0 spiro atoms. The van der Waals surface area contributed by atoms with Crippen LogP contribution in [0, 0.1) is 11.3 Å². The van der Waals surface area contributed by atoms with Gasteiger partial charge in [-0.05, 0) is 59.3 Å². The van der Waals surface area contributed by atoms with Crippen LogP contribution >= 0.6 is 35.0 Å². The van der Waals surface area contributed by atoms with Crippen molar-refractivity contribution in [1.82, 2.24) is 4.90 Å². The predicted molar refractivity (Wildman–Crippen MR) is 130 cm³/mol. The zero-order chi connectivity index (χ0) is 23.4. The molecule has 3 aromatic carbocycles. The highest BCUT2D eigenvalue weighted by Gasteiger charge is 2.35. The minimum Gasteiger partial charge on any atom is -0.489 e. The summed E-state index contributed by atoms with van der Waals surface area (Å²) in [6, 6.07) is 21.4. The van der Waals surface area contributed by atoms with Crippen molar-refractivity contribution >= 4 is 52.2 Å². The lowest BCUT2D eigenvalue weighted by Crippen LogP contribution is -2.27. The normalized spacial score (nSPS) is 14.6. The Morgan fingerprint density at radius 2 is 1.82 bits per heavy atom. The van der Waals surface area contributed by atoms with Crippen LogP contribution in [0.3, 0.4) is 0 Å². The summed E-state index contributed by atoms with van der Waals surface area (Å²) in [4.78, 5) is 26.8. The lowest BCUT2D eigenvalue weighted by Gasteiger charge is -2.13. The maximum Gasteiger partial charge on any atom is 0.293 e. The van der Waals surface area contributed by atoms with Gasteiger partial charge in [-0.25, -0.2) is 0 Å². The number of amides is 2. The average molecular weight is 495 g/mol. The van der Waals surface area contributed by atoms with Crippen molar-refractivity contribution < 1.29 is 14.3 Å². The first-order valence-corrected chi connectivity index (χ1v) is 11.4. The fourth-order valence-electron chi connectivity index (χ4n) is 3.22. The molecule has 33 heavy (non-hydrogen) atoms. The van der Waals surface area contributed by atoms with Crippen LogP contribution in [-0.2, 0) is 17.9 Å². The molecule has 5 nitrogen and oxygen atoms in total. The summed E-state index contributed by atoms with van der Waals surface area (Å²) in [5.41, 5.74) is 2.58. The van der Waals surface area contributed by atoms with Gasteiger partial charge in [0.15, 0.2) is 0 Å². The third-order valence-corrected chi connectivity index (χ3v) is 6.40. The van der Waals surface area contributed by atoms with E-state index in [0.29, 0.717) is 31.8 Å². The van der Waals surface area contributed by atoms with Crippen LogP contribution in [0.25, 0.3) is 6.08 Å². The molecule has 2 amide bonds. The molecule has 1 fully saturated rings. The van der Waals surface area contributed by atoms with Gasteiger partial charge in [0.2, 0.25) is 0 Å². The van der Waals surface area contributed by atoms with Crippen molar-refractivity contribution in [2.45, 2.75) is 13.2 Å². The standard InChI is InChI=1S/C25H16Cl2N2O3S/c26-20-9-8-19(22(27)12-20)15-32-21-7-3-4-16(10-21)11-23-24(30)29(25(31)33-23)14-18-6-2-1-5-17(18)13-28/h1-12H,14-15H2/b23-11+. The van der Waals surface area contributed by atoms with Crippen molar-refractivity contribution in [3.05, 3.63) is 104 Å². The monoisotopic (exact) mass is 494 g/mol. The highest BCUT2D eigenvalue weighted by molar-refractivity contribution is 8.18. The molecule has 0 aliphatic carbocycles. The van der Waals surface area contributed by atoms with Crippen molar-refractivity contribution in [1.29, 1.82) is 5.26 Å². The molecule has 3 aromatic rings. The summed E-state index contributed by atoms with van der Waals surface area (Å²) in [5, 5.41) is 9.96. The van der Waals surface area contributed by atoms with Crippen LogP contribution in [0.5, 0.6) is 5.75 Å². The Bertz CT molecular complexity index is 1320. The van der Waals surface area contributed by atoms with E-state index in [4.69, 9.17) is 27.9 Å². The number of carbonyl (C=O) groups excluding carboxylic acids is 2. The minimum atomic E-state index is -0.392. The van der Waals surface area contributed by atoms with Crippen molar-refractivity contribution in [3.63, 3.8) is 0 Å². The van der Waals surface area contributed by atoms with Gasteiger partial charge < -0.3 is 4.74 Å². The van der Waals surface area contributed by atoms with Crippen LogP contribution in [0.1, 0.15) is 22.3 Å². The Hall–Kier alpha value is -3.24. The van der Waals surface area contributed by atoms with Gasteiger partial charge in [0.1, 0.15) is 12.4 Å². The SMILES string of the molecule is N#Cc1ccccc1CN1C(=O)S/C(=C/c2cccc(OCc3ccc(Cl)cc3Cl)c2)C1=O. The number of halogens is 2. The number of nitrogens with zero attached hydrogens (tertiary/aromatic N) is 2. The Balaban J connectivity index is 1.48. The van der Waals surface area contributed by atoms with Crippen molar-refractivity contribution in [2.24, 2.45) is 0 Å². The molecule has 0 bridgehead atoms. The number of thioether (sulfide) groups is 1. The zero-order valence-electron chi connectivity index (χ0n) is 17.1. The summed E-state index contributed by atoms with van der Waals surface area (Å²) >= 11 is 13.0. The maximum atomic E-state index is 12.9. The average Bonchev–Trinajstić information content (AvgIpc) is 3.06. The molecule has 8 heteroatoms. The first-order valence-electron chi connectivity index (χ1n) is 9.85. The zero-order valence-corrected chi connectivity index (χ0v) is 19.5. The molecule has 4 rings (SSSR count). The Morgan fingerprint density at radius 3 is 2.61 bits per heavy atom. The van der Waals surface area contributed by atoms with Crippen LogP contribution < -0.4 is 4.74 Å². The molecule has 0 radical (unpaired) electrons. The molecule has 0 unspecified atom stereocenters. The number of nitriles is 1. The molecule has 1 saturated heterocycles. The molecule has 0 aromatic heterocycles. The maximum absolute atomic E-state index is 12.9. The Morgan fingerprint density at radius 1 is 1.00 bits per heavy atom. The molecular weight excluding hydrogens is 479 g/mol. The topological polar surface area (TPSA) is 70.4 Å². The number of hydrogen-bond donors (Lipinski definition) is 0. The highest BCUT2D eigenvalue weighted by atomic mass is 35.5. The second-order valence-corrected chi connectivity index (χ2v) is 8.97. The molecule has 1 heterocycles. The number of ether oxygens (including phenoxy) is 1. The number of imide groups is 1. The van der Waals surface area contributed by atoms with E-state index >= 15 is 0 Å². The van der Waals surface area contributed by atoms with Crippen LogP contribution in [0.2, 0.25) is 10.0 Å². The molecule has 0 saturated carbocycles. The van der Waals surface area contributed by atoms with Gasteiger partial charge in [-0.3, -0.25) is 14.5 Å². The van der Waals surface area contributed by atoms with Gasteiger partial charge in [0, 0.05) is 15.6 Å². The van der Waals surface area contributed by atoms with E-state index in [2.05, 4.69) is 6.07 Å². The van der Waals surface area contributed by atoms with Gasteiger partial charge in [0.25, 0.3) is 11.1 Å². The van der Waals surface area contributed by atoms with Crippen LogP contribution in [0.15, 0.2) is 71.6 Å². The summed E-state index contributed by atoms with van der Waals surface area (Å²) in [7, 11) is 0. The van der Waals surface area contributed by atoms with Gasteiger partial charge in [0.05, 0.1) is 23.1 Å². The Kier molecular flexibility index (Phi) is 7.05. The lowest BCUT2D eigenvalue weighted by atomic mass is 10.1. The summed E-state index contributed by atoms with van der Waals surface area (Å²) < 4.78 is 5.84. The third-order valence-electron chi connectivity index (χ3n) is 4.91. The van der Waals surface area contributed by atoms with E-state index < -0.39 is 5.91 Å². The summed E-state index contributed by atoms with van der Waals surface area (Å²) in [5.74, 6) is 0.203. The van der Waals surface area contributed by atoms with E-state index in [1.165, 1.54) is 0 Å². The number of benzene rings is 3.